The van der Waals surface area contributed by atoms with E-state index >= 15 is 0 Å². The lowest BCUT2D eigenvalue weighted by Crippen LogP contribution is -1.69. The second kappa shape index (κ2) is 7.60. The fraction of sp³-hybridized carbons (Fsp3) is 0.385. The van der Waals surface area contributed by atoms with E-state index in [0.717, 1.165) is 12.8 Å². The van der Waals surface area contributed by atoms with Gasteiger partial charge in [-0.15, -0.1) is 0 Å². The van der Waals surface area contributed by atoms with E-state index in [0.29, 0.717) is 0 Å². The molecule has 0 amide bonds. The van der Waals surface area contributed by atoms with Crippen molar-refractivity contribution in [3.8, 4) is 0 Å². The van der Waals surface area contributed by atoms with E-state index in [-0.39, 0.29) is 0 Å². The second-order valence-electron chi connectivity index (χ2n) is 3.12. The van der Waals surface area contributed by atoms with E-state index in [9.17, 15) is 0 Å². The van der Waals surface area contributed by atoms with Gasteiger partial charge < -0.3 is 0 Å². The molecule has 0 heteroatoms. The third-order valence-corrected chi connectivity index (χ3v) is 1.93. The minimum Gasteiger partial charge on any atom is -0.0882 e. The van der Waals surface area contributed by atoms with Gasteiger partial charge in [0.05, 0.1) is 0 Å². The van der Waals surface area contributed by atoms with Crippen molar-refractivity contribution in [3.63, 3.8) is 0 Å². The minimum atomic E-state index is 1.01. The topological polar surface area (TPSA) is 0 Å². The molecule has 0 fully saturated rings. The average molecular weight is 173 g/mol. The van der Waals surface area contributed by atoms with Crippen molar-refractivity contribution in [3.05, 3.63) is 48.6 Å². The predicted molar refractivity (Wildman–Crippen MR) is 58.3 cm³/mol. The van der Waals surface area contributed by atoms with Gasteiger partial charge in [-0.3, -0.25) is 0 Å². The maximum atomic E-state index is 3.13. The second-order valence-corrected chi connectivity index (χ2v) is 3.12. The molecule has 13 heavy (non-hydrogen) atoms. The monoisotopic (exact) mass is 173 g/mol. The van der Waals surface area contributed by atoms with E-state index in [1.165, 1.54) is 19.3 Å². The third-order valence-electron chi connectivity index (χ3n) is 1.93. The SMILES string of the molecule is [C]1=C/C/C=C/CCC/C=C\C/C=C/1. The highest BCUT2D eigenvalue weighted by Gasteiger charge is 1.81. The van der Waals surface area contributed by atoms with Crippen molar-refractivity contribution < 1.29 is 0 Å². The van der Waals surface area contributed by atoms with Gasteiger partial charge in [-0.25, -0.2) is 0 Å². The van der Waals surface area contributed by atoms with Gasteiger partial charge in [0.2, 0.25) is 0 Å². The summed E-state index contributed by atoms with van der Waals surface area (Å²) in [6.45, 7) is 0. The summed E-state index contributed by atoms with van der Waals surface area (Å²) >= 11 is 0. The number of hydrogen-bond donors (Lipinski definition) is 0. The fourth-order valence-electron chi connectivity index (χ4n) is 1.20. The summed E-state index contributed by atoms with van der Waals surface area (Å²) in [5, 5.41) is 0. The molecule has 0 nitrogen and oxygen atoms in total. The smallest absolute Gasteiger partial charge is 0.0160 e. The average Bonchev–Trinajstić information content (AvgIpc) is 2.18. The molecule has 1 rings (SSSR count). The maximum Gasteiger partial charge on any atom is -0.0160 e. The van der Waals surface area contributed by atoms with Gasteiger partial charge in [0.1, 0.15) is 0 Å². The Balaban J connectivity index is 2.38. The van der Waals surface area contributed by atoms with Crippen molar-refractivity contribution in [2.75, 3.05) is 0 Å². The molecule has 0 saturated carbocycles. The first-order valence-corrected chi connectivity index (χ1v) is 5.03. The zero-order valence-electron chi connectivity index (χ0n) is 8.08. The molecule has 0 atom stereocenters. The lowest BCUT2D eigenvalue weighted by Gasteiger charge is -1.89. The highest BCUT2D eigenvalue weighted by atomic mass is 13.9. The zero-order valence-corrected chi connectivity index (χ0v) is 8.08. The molecular weight excluding hydrogens is 156 g/mol. The summed E-state index contributed by atoms with van der Waals surface area (Å²) in [4.78, 5) is 0. The van der Waals surface area contributed by atoms with E-state index in [4.69, 9.17) is 0 Å². The standard InChI is InChI=1S/C13H17/c1-2-4-6-8-10-12-13-11-9-7-5-3-1/h1-2,5,7,10-12H,3-4,6,8,13H2/b2-1-,7-5+,11-9?,12-10+. The Hall–Kier alpha value is -1.04. The first-order valence-electron chi connectivity index (χ1n) is 5.03. The van der Waals surface area contributed by atoms with Crippen molar-refractivity contribution >= 4 is 0 Å². The number of rotatable bonds is 0. The highest BCUT2D eigenvalue weighted by Crippen LogP contribution is 2.01. The summed E-state index contributed by atoms with van der Waals surface area (Å²) in [7, 11) is 0. The molecule has 1 aliphatic rings. The molecule has 0 N–H and O–H groups in total. The van der Waals surface area contributed by atoms with Crippen LogP contribution in [0, 0.1) is 6.08 Å². The summed E-state index contributed by atoms with van der Waals surface area (Å²) < 4.78 is 0. The molecule has 0 spiro atoms. The van der Waals surface area contributed by atoms with Crippen LogP contribution in [0.15, 0.2) is 42.5 Å². The van der Waals surface area contributed by atoms with Gasteiger partial charge in [0, 0.05) is 0 Å². The summed E-state index contributed by atoms with van der Waals surface area (Å²) in [5.74, 6) is 0. The van der Waals surface area contributed by atoms with Crippen LogP contribution < -0.4 is 0 Å². The highest BCUT2D eigenvalue weighted by molar-refractivity contribution is 5.02. The van der Waals surface area contributed by atoms with E-state index in [1.807, 2.05) is 6.08 Å². The maximum absolute atomic E-state index is 3.13. The van der Waals surface area contributed by atoms with Crippen molar-refractivity contribution in [2.45, 2.75) is 32.1 Å². The summed E-state index contributed by atoms with van der Waals surface area (Å²) in [6.07, 6.45) is 24.0. The van der Waals surface area contributed by atoms with Crippen LogP contribution in [-0.4, -0.2) is 0 Å². The summed E-state index contributed by atoms with van der Waals surface area (Å²) in [6, 6.07) is 0. The number of allylic oxidation sites excluding steroid dienone is 8. The van der Waals surface area contributed by atoms with Gasteiger partial charge >= 0.3 is 0 Å². The summed E-state index contributed by atoms with van der Waals surface area (Å²) in [5.41, 5.74) is 0. The van der Waals surface area contributed by atoms with Gasteiger partial charge in [-0.2, -0.15) is 0 Å². The van der Waals surface area contributed by atoms with Crippen LogP contribution in [0.1, 0.15) is 32.1 Å². The Morgan fingerprint density at radius 2 is 1.54 bits per heavy atom. The lowest BCUT2D eigenvalue weighted by molar-refractivity contribution is 0.864. The molecule has 69 valence electrons. The van der Waals surface area contributed by atoms with Crippen LogP contribution >= 0.6 is 0 Å². The van der Waals surface area contributed by atoms with Crippen LogP contribution in [-0.2, 0) is 0 Å². The molecule has 0 heterocycles. The van der Waals surface area contributed by atoms with Gasteiger partial charge in [0.15, 0.2) is 0 Å². The Morgan fingerprint density at radius 1 is 0.769 bits per heavy atom. The Labute approximate surface area is 81.4 Å². The first kappa shape index (κ1) is 10.0. The third kappa shape index (κ3) is 6.15. The molecule has 0 bridgehead atoms. The van der Waals surface area contributed by atoms with Crippen LogP contribution in [0.3, 0.4) is 0 Å². The number of hydrogen-bond acceptors (Lipinski definition) is 0. The van der Waals surface area contributed by atoms with Crippen LogP contribution in [0.25, 0.3) is 0 Å². The van der Waals surface area contributed by atoms with Crippen molar-refractivity contribution in [1.29, 1.82) is 0 Å². The van der Waals surface area contributed by atoms with E-state index in [1.54, 1.807) is 0 Å². The molecule has 0 unspecified atom stereocenters. The van der Waals surface area contributed by atoms with E-state index in [2.05, 4.69) is 42.5 Å². The van der Waals surface area contributed by atoms with Crippen LogP contribution in [0.5, 0.6) is 0 Å². The molecule has 0 aliphatic heterocycles. The molecule has 0 saturated heterocycles. The van der Waals surface area contributed by atoms with Crippen LogP contribution in [0.4, 0.5) is 0 Å². The minimum absolute atomic E-state index is 1.01. The fourth-order valence-corrected chi connectivity index (χ4v) is 1.20. The molecule has 1 aliphatic carbocycles. The first-order chi connectivity index (χ1) is 6.50. The largest absolute Gasteiger partial charge is 0.0882 e. The van der Waals surface area contributed by atoms with Gasteiger partial charge in [-0.05, 0) is 38.2 Å². The quantitative estimate of drug-likeness (QED) is 0.486. The Bertz CT molecular complexity index is 192. The van der Waals surface area contributed by atoms with E-state index < -0.39 is 0 Å². The molecule has 0 aromatic carbocycles. The Morgan fingerprint density at radius 3 is 2.38 bits per heavy atom. The predicted octanol–water partition coefficient (Wildman–Crippen LogP) is 3.98. The van der Waals surface area contributed by atoms with Crippen molar-refractivity contribution in [2.24, 2.45) is 0 Å². The Kier molecular flexibility index (Phi) is 5.87. The lowest BCUT2D eigenvalue weighted by atomic mass is 10.2. The molecule has 1 radical (unpaired) electrons. The van der Waals surface area contributed by atoms with Crippen LogP contribution in [0.2, 0.25) is 0 Å². The zero-order chi connectivity index (χ0) is 9.19. The van der Waals surface area contributed by atoms with Crippen molar-refractivity contribution in [1.82, 2.24) is 0 Å². The van der Waals surface area contributed by atoms with Gasteiger partial charge in [-0.1, -0.05) is 42.5 Å². The normalized spacial score (nSPS) is 28.9. The van der Waals surface area contributed by atoms with Gasteiger partial charge in [0.25, 0.3) is 0 Å². The molecule has 0 aromatic heterocycles. The molecule has 0 aromatic rings. The molecular formula is C13H17.